The van der Waals surface area contributed by atoms with E-state index in [1.807, 2.05) is 47.4 Å². The molecule has 0 aliphatic carbocycles. The van der Waals surface area contributed by atoms with Crippen molar-refractivity contribution in [3.05, 3.63) is 111 Å². The van der Waals surface area contributed by atoms with Crippen LogP contribution < -0.4 is 0 Å². The Bertz CT molecular complexity index is 1190. The highest BCUT2D eigenvalue weighted by Gasteiger charge is 2.37. The van der Waals surface area contributed by atoms with Crippen LogP contribution in [0.4, 0.5) is 5.69 Å². The Morgan fingerprint density at radius 1 is 1.00 bits per heavy atom. The minimum absolute atomic E-state index is 0.0602. The van der Waals surface area contributed by atoms with Crippen LogP contribution in [0.25, 0.3) is 0 Å². The first-order valence-corrected chi connectivity index (χ1v) is 12.7. The van der Waals surface area contributed by atoms with Crippen LogP contribution in [0.3, 0.4) is 0 Å². The minimum Gasteiger partial charge on any atom is -0.338 e. The van der Waals surface area contributed by atoms with Gasteiger partial charge in [0.25, 0.3) is 11.6 Å². The number of carbonyl (C=O) groups excluding carboxylic acids is 1. The molecule has 1 heterocycles. The van der Waals surface area contributed by atoms with Gasteiger partial charge in [-0.1, -0.05) is 74.5 Å². The van der Waals surface area contributed by atoms with Gasteiger partial charge in [-0.15, -0.1) is 0 Å². The fourth-order valence-corrected chi connectivity index (χ4v) is 5.42. The summed E-state index contributed by atoms with van der Waals surface area (Å²) in [7, 11) is 0. The summed E-state index contributed by atoms with van der Waals surface area (Å²) in [4.78, 5) is 29.1. The molecule has 6 nitrogen and oxygen atoms in total. The number of hydrogen-bond acceptors (Lipinski definition) is 4. The number of nitro benzene ring substituents is 1. The molecule has 6 heteroatoms. The minimum atomic E-state index is -0.301. The summed E-state index contributed by atoms with van der Waals surface area (Å²) in [5.74, 6) is 0.872. The zero-order chi connectivity index (χ0) is 25.7. The Balaban J connectivity index is 1.62. The van der Waals surface area contributed by atoms with Gasteiger partial charge in [0, 0.05) is 55.8 Å². The highest BCUT2D eigenvalue weighted by molar-refractivity contribution is 5.94. The molecule has 0 aromatic heterocycles. The number of hydrogen-bond donors (Lipinski definition) is 0. The van der Waals surface area contributed by atoms with Crippen molar-refractivity contribution in [2.24, 2.45) is 11.8 Å². The van der Waals surface area contributed by atoms with Crippen molar-refractivity contribution in [2.45, 2.75) is 33.2 Å². The SMILES string of the molecule is Cc1ccccc1C1CN(Cc2ccccc2[N+](=O)[O-])CC1CN(CC(C)C)C(=O)c1ccccc1. The molecule has 0 N–H and O–H groups in total. The number of para-hydroxylation sites is 1. The Hall–Kier alpha value is -3.51. The van der Waals surface area contributed by atoms with Gasteiger partial charge in [0.05, 0.1) is 4.92 Å². The fourth-order valence-electron chi connectivity index (χ4n) is 5.42. The van der Waals surface area contributed by atoms with Crippen molar-refractivity contribution < 1.29 is 9.72 Å². The number of likely N-dealkylation sites (tertiary alicyclic amines) is 1. The van der Waals surface area contributed by atoms with Crippen LogP contribution in [-0.2, 0) is 6.54 Å². The van der Waals surface area contributed by atoms with Crippen molar-refractivity contribution in [2.75, 3.05) is 26.2 Å². The van der Waals surface area contributed by atoms with Crippen LogP contribution in [0.1, 0.15) is 46.8 Å². The van der Waals surface area contributed by atoms with Crippen LogP contribution in [0, 0.1) is 28.9 Å². The molecule has 1 saturated heterocycles. The highest BCUT2D eigenvalue weighted by atomic mass is 16.6. The number of aryl methyl sites for hydroxylation is 1. The first kappa shape index (κ1) is 25.6. The lowest BCUT2D eigenvalue weighted by Gasteiger charge is -2.30. The van der Waals surface area contributed by atoms with Crippen LogP contribution >= 0.6 is 0 Å². The van der Waals surface area contributed by atoms with Gasteiger partial charge in [0.1, 0.15) is 0 Å². The standard InChI is InChI=1S/C30H35N3O3/c1-22(2)17-32(30(34)24-12-5-4-6-13-24)20-26-19-31(18-25-14-8-10-16-29(25)33(35)36)21-28(26)27-15-9-7-11-23(27)3/h4-16,22,26,28H,17-21H2,1-3H3. The van der Waals surface area contributed by atoms with Crippen LogP contribution in [0.5, 0.6) is 0 Å². The summed E-state index contributed by atoms with van der Waals surface area (Å²) in [6.45, 7) is 9.86. The van der Waals surface area contributed by atoms with Gasteiger partial charge in [0.2, 0.25) is 0 Å². The highest BCUT2D eigenvalue weighted by Crippen LogP contribution is 2.36. The van der Waals surface area contributed by atoms with E-state index in [0.29, 0.717) is 31.1 Å². The number of benzene rings is 3. The third-order valence-electron chi connectivity index (χ3n) is 7.04. The number of amides is 1. The third kappa shape index (κ3) is 6.00. The van der Waals surface area contributed by atoms with E-state index in [1.54, 1.807) is 12.1 Å². The molecule has 2 unspecified atom stereocenters. The zero-order valence-corrected chi connectivity index (χ0v) is 21.3. The second-order valence-electron chi connectivity index (χ2n) is 10.3. The summed E-state index contributed by atoms with van der Waals surface area (Å²) < 4.78 is 0. The first-order chi connectivity index (χ1) is 17.3. The lowest BCUT2D eigenvalue weighted by molar-refractivity contribution is -0.385. The van der Waals surface area contributed by atoms with Gasteiger partial charge in [-0.25, -0.2) is 0 Å². The quantitative estimate of drug-likeness (QED) is 0.279. The maximum absolute atomic E-state index is 13.5. The summed E-state index contributed by atoms with van der Waals surface area (Å²) in [6.07, 6.45) is 0. The third-order valence-corrected chi connectivity index (χ3v) is 7.04. The smallest absolute Gasteiger partial charge is 0.273 e. The molecular formula is C30H35N3O3. The largest absolute Gasteiger partial charge is 0.338 e. The molecule has 0 bridgehead atoms. The van der Waals surface area contributed by atoms with Gasteiger partial charge in [-0.05, 0) is 42.0 Å². The van der Waals surface area contributed by atoms with Gasteiger partial charge >= 0.3 is 0 Å². The van der Waals surface area contributed by atoms with E-state index in [-0.39, 0.29) is 28.4 Å². The van der Waals surface area contributed by atoms with Crippen molar-refractivity contribution in [1.29, 1.82) is 0 Å². The van der Waals surface area contributed by atoms with E-state index in [1.165, 1.54) is 11.1 Å². The Kier molecular flexibility index (Phi) is 8.16. The summed E-state index contributed by atoms with van der Waals surface area (Å²) in [5, 5.41) is 11.6. The molecule has 188 valence electrons. The molecule has 3 aromatic rings. The molecule has 1 fully saturated rings. The molecule has 1 aliphatic rings. The Morgan fingerprint density at radius 3 is 2.36 bits per heavy atom. The van der Waals surface area contributed by atoms with Crippen LogP contribution in [0.15, 0.2) is 78.9 Å². The maximum atomic E-state index is 13.5. The average molecular weight is 486 g/mol. The van der Waals surface area contributed by atoms with Crippen LogP contribution in [-0.4, -0.2) is 46.8 Å². The number of carbonyl (C=O) groups is 1. The molecule has 3 aromatic carbocycles. The predicted octanol–water partition coefficient (Wildman–Crippen LogP) is 5.92. The van der Waals surface area contributed by atoms with Gasteiger partial charge in [0.15, 0.2) is 0 Å². The van der Waals surface area contributed by atoms with Crippen molar-refractivity contribution in [3.63, 3.8) is 0 Å². The lowest BCUT2D eigenvalue weighted by atomic mass is 9.86. The molecular weight excluding hydrogens is 450 g/mol. The molecule has 2 atom stereocenters. The monoisotopic (exact) mass is 485 g/mol. The molecule has 0 saturated carbocycles. The van der Waals surface area contributed by atoms with E-state index in [2.05, 4.69) is 49.9 Å². The number of nitro groups is 1. The molecule has 0 radical (unpaired) electrons. The lowest BCUT2D eigenvalue weighted by Crippen LogP contribution is -2.39. The molecule has 1 aliphatic heterocycles. The van der Waals surface area contributed by atoms with Gasteiger partial charge in [-0.2, -0.15) is 0 Å². The van der Waals surface area contributed by atoms with Crippen molar-refractivity contribution >= 4 is 11.6 Å². The van der Waals surface area contributed by atoms with E-state index in [4.69, 9.17) is 0 Å². The zero-order valence-electron chi connectivity index (χ0n) is 21.3. The Labute approximate surface area is 213 Å². The normalized spacial score (nSPS) is 17.9. The van der Waals surface area contributed by atoms with E-state index in [0.717, 1.165) is 18.7 Å². The molecule has 36 heavy (non-hydrogen) atoms. The maximum Gasteiger partial charge on any atom is 0.273 e. The van der Waals surface area contributed by atoms with Gasteiger partial charge < -0.3 is 4.90 Å². The number of nitrogens with zero attached hydrogens (tertiary/aromatic N) is 3. The summed E-state index contributed by atoms with van der Waals surface area (Å²) >= 11 is 0. The second-order valence-corrected chi connectivity index (χ2v) is 10.3. The van der Waals surface area contributed by atoms with Crippen LogP contribution in [0.2, 0.25) is 0 Å². The van der Waals surface area contributed by atoms with Gasteiger partial charge in [-0.3, -0.25) is 19.8 Å². The topological polar surface area (TPSA) is 66.7 Å². The van der Waals surface area contributed by atoms with E-state index < -0.39 is 0 Å². The number of rotatable bonds is 9. The van der Waals surface area contributed by atoms with Crippen molar-refractivity contribution in [1.82, 2.24) is 9.80 Å². The summed E-state index contributed by atoms with van der Waals surface area (Å²) in [6, 6.07) is 24.9. The fraction of sp³-hybridized carbons (Fsp3) is 0.367. The first-order valence-electron chi connectivity index (χ1n) is 12.7. The summed E-state index contributed by atoms with van der Waals surface area (Å²) in [5.41, 5.74) is 4.13. The second kappa shape index (κ2) is 11.5. The van der Waals surface area contributed by atoms with E-state index in [9.17, 15) is 14.9 Å². The average Bonchev–Trinajstić information content (AvgIpc) is 3.25. The Morgan fingerprint density at radius 2 is 1.67 bits per heavy atom. The predicted molar refractivity (Wildman–Crippen MR) is 143 cm³/mol. The van der Waals surface area contributed by atoms with Crippen molar-refractivity contribution in [3.8, 4) is 0 Å². The molecule has 0 spiro atoms. The molecule has 1 amide bonds. The molecule has 4 rings (SSSR count). The van der Waals surface area contributed by atoms with E-state index >= 15 is 0 Å².